The smallest absolute Gasteiger partial charge is 0.296 e. The molecule has 1 aromatic heterocycles. The Hall–Kier alpha value is -4.51. The maximum atomic E-state index is 13.6. The fraction of sp³-hybridized carbons (Fsp3) is 0.185. The Morgan fingerprint density at radius 3 is 2.39 bits per heavy atom. The van der Waals surface area contributed by atoms with Crippen LogP contribution in [0.1, 0.15) is 16.1 Å². The van der Waals surface area contributed by atoms with Crippen LogP contribution < -0.4 is 24.7 Å². The Bertz CT molecular complexity index is 1690. The molecule has 0 radical (unpaired) electrons. The number of para-hydroxylation sites is 1. The van der Waals surface area contributed by atoms with Gasteiger partial charge in [-0.25, -0.2) is 13.1 Å². The van der Waals surface area contributed by atoms with Crippen molar-refractivity contribution in [1.82, 2.24) is 9.36 Å². The monoisotopic (exact) mass is 534 g/mol. The SMILES string of the molecule is Cc1c(N(C)S(=O)(=O)c2cccc(C(=O)Nc3ccc4c(c3)OCCO4)c2)c(=O)n(-c2ccccc2)n1C. The second kappa shape index (κ2) is 9.75. The average molecular weight is 535 g/mol. The summed E-state index contributed by atoms with van der Waals surface area (Å²) in [6, 6.07) is 19.7. The number of hydrogen-bond donors (Lipinski definition) is 1. The Morgan fingerprint density at radius 2 is 1.66 bits per heavy atom. The molecule has 5 rings (SSSR count). The predicted molar refractivity (Wildman–Crippen MR) is 143 cm³/mol. The molecule has 0 fully saturated rings. The molecule has 2 heterocycles. The van der Waals surface area contributed by atoms with E-state index < -0.39 is 21.5 Å². The number of rotatable bonds is 6. The van der Waals surface area contributed by atoms with Crippen LogP contribution in [0.5, 0.6) is 11.5 Å². The first-order valence-corrected chi connectivity index (χ1v) is 13.3. The summed E-state index contributed by atoms with van der Waals surface area (Å²) in [5.41, 5.74) is 1.24. The summed E-state index contributed by atoms with van der Waals surface area (Å²) >= 11 is 0. The lowest BCUT2D eigenvalue weighted by molar-refractivity contribution is 0.102. The summed E-state index contributed by atoms with van der Waals surface area (Å²) in [6.07, 6.45) is 0. The van der Waals surface area contributed by atoms with E-state index in [2.05, 4.69) is 5.32 Å². The fourth-order valence-corrected chi connectivity index (χ4v) is 5.61. The van der Waals surface area contributed by atoms with Crippen molar-refractivity contribution in [3.63, 3.8) is 0 Å². The van der Waals surface area contributed by atoms with Gasteiger partial charge in [0.25, 0.3) is 21.5 Å². The Balaban J connectivity index is 1.44. The maximum absolute atomic E-state index is 13.6. The third kappa shape index (κ3) is 4.41. The van der Waals surface area contributed by atoms with Crippen LogP contribution in [0.2, 0.25) is 0 Å². The first-order valence-electron chi connectivity index (χ1n) is 11.8. The topological polar surface area (TPSA) is 112 Å². The number of amides is 1. The van der Waals surface area contributed by atoms with Crippen LogP contribution in [0.25, 0.3) is 5.69 Å². The molecule has 1 aliphatic rings. The highest BCUT2D eigenvalue weighted by molar-refractivity contribution is 7.92. The van der Waals surface area contributed by atoms with Crippen molar-refractivity contribution in [3.05, 3.63) is 94.4 Å². The van der Waals surface area contributed by atoms with E-state index in [0.29, 0.717) is 41.8 Å². The molecule has 0 aliphatic carbocycles. The van der Waals surface area contributed by atoms with Crippen molar-refractivity contribution >= 4 is 27.3 Å². The molecule has 196 valence electrons. The molecule has 1 amide bonds. The first-order chi connectivity index (χ1) is 18.2. The average Bonchev–Trinajstić information content (AvgIpc) is 3.15. The molecule has 0 saturated heterocycles. The number of fused-ring (bicyclic) bond motifs is 1. The van der Waals surface area contributed by atoms with Crippen LogP contribution in [0.15, 0.2) is 82.5 Å². The molecular weight excluding hydrogens is 508 g/mol. The van der Waals surface area contributed by atoms with Gasteiger partial charge in [-0.05, 0) is 49.4 Å². The van der Waals surface area contributed by atoms with E-state index in [-0.39, 0.29) is 16.1 Å². The van der Waals surface area contributed by atoms with Crippen LogP contribution in [0.4, 0.5) is 11.4 Å². The number of hydrogen-bond acceptors (Lipinski definition) is 6. The highest BCUT2D eigenvalue weighted by Gasteiger charge is 2.29. The van der Waals surface area contributed by atoms with Gasteiger partial charge in [-0.1, -0.05) is 24.3 Å². The minimum atomic E-state index is -4.17. The van der Waals surface area contributed by atoms with Crippen molar-refractivity contribution in [2.24, 2.45) is 7.05 Å². The van der Waals surface area contributed by atoms with Crippen LogP contribution in [0.3, 0.4) is 0 Å². The van der Waals surface area contributed by atoms with Gasteiger partial charge in [0.05, 0.1) is 16.3 Å². The maximum Gasteiger partial charge on any atom is 0.296 e. The van der Waals surface area contributed by atoms with Crippen LogP contribution in [-0.2, 0) is 17.1 Å². The van der Waals surface area contributed by atoms with Crippen molar-refractivity contribution in [2.45, 2.75) is 11.8 Å². The lowest BCUT2D eigenvalue weighted by atomic mass is 10.2. The highest BCUT2D eigenvalue weighted by atomic mass is 32.2. The molecule has 0 spiro atoms. The number of carbonyl (C=O) groups is 1. The minimum Gasteiger partial charge on any atom is -0.486 e. The van der Waals surface area contributed by atoms with Gasteiger partial charge in [0.1, 0.15) is 18.9 Å². The third-order valence-corrected chi connectivity index (χ3v) is 8.15. The fourth-order valence-electron chi connectivity index (χ4n) is 4.32. The van der Waals surface area contributed by atoms with Gasteiger partial charge in [0.15, 0.2) is 11.5 Å². The number of nitrogens with one attached hydrogen (secondary N) is 1. The molecule has 10 nitrogen and oxygen atoms in total. The van der Waals surface area contributed by atoms with E-state index in [1.54, 1.807) is 61.1 Å². The molecule has 38 heavy (non-hydrogen) atoms. The normalized spacial score (nSPS) is 12.7. The molecule has 0 atom stereocenters. The summed E-state index contributed by atoms with van der Waals surface area (Å²) in [5, 5.41) is 2.76. The molecule has 0 bridgehead atoms. The number of sulfonamides is 1. The summed E-state index contributed by atoms with van der Waals surface area (Å²) in [7, 11) is -1.15. The van der Waals surface area contributed by atoms with Gasteiger partial charge in [0.2, 0.25) is 0 Å². The Morgan fingerprint density at radius 1 is 0.947 bits per heavy atom. The summed E-state index contributed by atoms with van der Waals surface area (Å²) < 4.78 is 42.2. The van der Waals surface area contributed by atoms with Crippen molar-refractivity contribution in [1.29, 1.82) is 0 Å². The van der Waals surface area contributed by atoms with Gasteiger partial charge in [-0.3, -0.25) is 18.6 Å². The molecule has 3 aromatic carbocycles. The van der Waals surface area contributed by atoms with Gasteiger partial charge >= 0.3 is 0 Å². The molecule has 1 N–H and O–H groups in total. The number of anilines is 2. The first kappa shape index (κ1) is 25.2. The largest absolute Gasteiger partial charge is 0.486 e. The van der Waals surface area contributed by atoms with E-state index in [1.165, 1.54) is 36.0 Å². The minimum absolute atomic E-state index is 0.0162. The van der Waals surface area contributed by atoms with Crippen LogP contribution in [0, 0.1) is 6.92 Å². The number of ether oxygens (including phenoxy) is 2. The predicted octanol–water partition coefficient (Wildman–Crippen LogP) is 3.33. The van der Waals surface area contributed by atoms with E-state index >= 15 is 0 Å². The van der Waals surface area contributed by atoms with Crippen molar-refractivity contribution < 1.29 is 22.7 Å². The van der Waals surface area contributed by atoms with E-state index in [1.807, 2.05) is 6.07 Å². The highest BCUT2D eigenvalue weighted by Crippen LogP contribution is 2.33. The van der Waals surface area contributed by atoms with Crippen molar-refractivity contribution in [2.75, 3.05) is 29.9 Å². The summed E-state index contributed by atoms with van der Waals surface area (Å²) in [6.45, 7) is 2.55. The second-order valence-corrected chi connectivity index (χ2v) is 10.7. The van der Waals surface area contributed by atoms with Gasteiger partial charge in [-0.2, -0.15) is 0 Å². The summed E-state index contributed by atoms with van der Waals surface area (Å²) in [4.78, 5) is 26.2. The Labute approximate surface area is 219 Å². The quantitative estimate of drug-likeness (QED) is 0.406. The molecule has 11 heteroatoms. The zero-order valence-corrected chi connectivity index (χ0v) is 21.9. The number of carbonyl (C=O) groups excluding carboxylic acids is 1. The number of nitrogens with zero attached hydrogens (tertiary/aromatic N) is 3. The number of benzene rings is 3. The molecule has 4 aromatic rings. The van der Waals surface area contributed by atoms with E-state index in [0.717, 1.165) is 4.31 Å². The molecule has 0 unspecified atom stereocenters. The van der Waals surface area contributed by atoms with E-state index in [4.69, 9.17) is 9.47 Å². The van der Waals surface area contributed by atoms with Crippen LogP contribution >= 0.6 is 0 Å². The lowest BCUT2D eigenvalue weighted by Gasteiger charge is -2.19. The number of aromatic nitrogens is 2. The lowest BCUT2D eigenvalue weighted by Crippen LogP contribution is -2.32. The summed E-state index contributed by atoms with van der Waals surface area (Å²) in [5.74, 6) is 0.614. The molecule has 0 saturated carbocycles. The zero-order valence-electron chi connectivity index (χ0n) is 21.0. The molecular formula is C27H26N4O6S. The van der Waals surface area contributed by atoms with Gasteiger partial charge in [-0.15, -0.1) is 0 Å². The van der Waals surface area contributed by atoms with E-state index in [9.17, 15) is 18.0 Å². The third-order valence-electron chi connectivity index (χ3n) is 6.39. The van der Waals surface area contributed by atoms with Crippen LogP contribution in [-0.4, -0.2) is 44.0 Å². The van der Waals surface area contributed by atoms with Crippen molar-refractivity contribution in [3.8, 4) is 17.2 Å². The molecule has 1 aliphatic heterocycles. The standard InChI is InChI=1S/C27H26N4O6S/c1-18-25(27(33)31(29(18)2)21-9-5-4-6-10-21)30(3)38(34,35)22-11-7-8-19(16-22)26(32)28-20-12-13-23-24(17-20)37-15-14-36-23/h4-13,16-17H,14-15H2,1-3H3,(H,28,32). The van der Waals surface area contributed by atoms with Gasteiger partial charge < -0.3 is 14.8 Å². The second-order valence-electron chi connectivity index (χ2n) is 8.72. The zero-order chi connectivity index (χ0) is 27.0. The van der Waals surface area contributed by atoms with Gasteiger partial charge in [0, 0.05) is 31.4 Å². The Kier molecular flexibility index (Phi) is 6.45.